The van der Waals surface area contributed by atoms with E-state index in [9.17, 15) is 4.39 Å². The molecular formula is C18H12FN3. The number of fused-ring (bicyclic) bond motifs is 1. The predicted octanol–water partition coefficient (Wildman–Crippen LogP) is 4.20. The van der Waals surface area contributed by atoms with Crippen molar-refractivity contribution >= 4 is 5.65 Å². The summed E-state index contributed by atoms with van der Waals surface area (Å²) in [5.74, 6) is -0.399. The first-order chi connectivity index (χ1) is 10.8. The van der Waals surface area contributed by atoms with Gasteiger partial charge in [-0.3, -0.25) is 0 Å². The first-order valence-corrected chi connectivity index (χ1v) is 6.98. The Hall–Kier alpha value is -3.01. The van der Waals surface area contributed by atoms with Crippen LogP contribution in [-0.2, 0) is 0 Å². The Balaban J connectivity index is 1.99. The third kappa shape index (κ3) is 1.97. The first-order valence-electron chi connectivity index (χ1n) is 6.98. The van der Waals surface area contributed by atoms with Gasteiger partial charge in [0.2, 0.25) is 0 Å². The van der Waals surface area contributed by atoms with Crippen LogP contribution in [0.25, 0.3) is 28.2 Å². The van der Waals surface area contributed by atoms with Crippen molar-refractivity contribution in [2.45, 2.75) is 0 Å². The highest BCUT2D eigenvalue weighted by molar-refractivity contribution is 5.69. The number of hydrogen-bond donors (Lipinski definition) is 0. The van der Waals surface area contributed by atoms with Gasteiger partial charge in [-0.05, 0) is 6.07 Å². The van der Waals surface area contributed by atoms with Gasteiger partial charge in [0, 0.05) is 17.3 Å². The summed E-state index contributed by atoms with van der Waals surface area (Å²) in [6.45, 7) is 0. The molecule has 0 unspecified atom stereocenters. The van der Waals surface area contributed by atoms with Crippen LogP contribution in [0.5, 0.6) is 0 Å². The minimum atomic E-state index is -0.399. The van der Waals surface area contributed by atoms with Crippen LogP contribution in [-0.4, -0.2) is 14.6 Å². The normalized spacial score (nSPS) is 11.0. The molecular weight excluding hydrogens is 277 g/mol. The standard InChI is InChI=1S/C18H12FN3/c19-16-17(14-9-5-2-6-10-14)21-22-15(11-12-20-18(16)22)13-7-3-1-4-8-13/h1-12H. The summed E-state index contributed by atoms with van der Waals surface area (Å²) in [6.07, 6.45) is 1.61. The maximum Gasteiger partial charge on any atom is 0.195 e. The maximum atomic E-state index is 14.7. The van der Waals surface area contributed by atoms with Gasteiger partial charge in [0.25, 0.3) is 0 Å². The Kier molecular flexibility index (Phi) is 2.93. The lowest BCUT2D eigenvalue weighted by molar-refractivity contribution is 0.639. The van der Waals surface area contributed by atoms with Crippen LogP contribution in [0.1, 0.15) is 0 Å². The second kappa shape index (κ2) is 5.07. The molecule has 2 heterocycles. The van der Waals surface area contributed by atoms with Crippen molar-refractivity contribution in [3.63, 3.8) is 0 Å². The van der Waals surface area contributed by atoms with Gasteiger partial charge in [-0.1, -0.05) is 60.7 Å². The van der Waals surface area contributed by atoms with E-state index in [0.717, 1.165) is 16.8 Å². The van der Waals surface area contributed by atoms with Crippen LogP contribution in [0.15, 0.2) is 72.9 Å². The summed E-state index contributed by atoms with van der Waals surface area (Å²) in [5.41, 5.74) is 3.07. The molecule has 4 heteroatoms. The highest BCUT2D eigenvalue weighted by Gasteiger charge is 2.17. The average molecular weight is 289 g/mol. The molecule has 0 saturated carbocycles. The van der Waals surface area contributed by atoms with E-state index < -0.39 is 5.82 Å². The summed E-state index contributed by atoms with van der Waals surface area (Å²) in [7, 11) is 0. The molecule has 2 aromatic carbocycles. The fourth-order valence-corrected chi connectivity index (χ4v) is 2.53. The van der Waals surface area contributed by atoms with Crippen molar-refractivity contribution in [2.75, 3.05) is 0 Å². The molecule has 4 rings (SSSR count). The van der Waals surface area contributed by atoms with Gasteiger partial charge in [0.05, 0.1) is 5.69 Å². The lowest BCUT2D eigenvalue weighted by atomic mass is 10.1. The van der Waals surface area contributed by atoms with Crippen molar-refractivity contribution in [3.8, 4) is 22.5 Å². The summed E-state index contributed by atoms with van der Waals surface area (Å²) in [5, 5.41) is 4.44. The van der Waals surface area contributed by atoms with Crippen LogP contribution in [0.2, 0.25) is 0 Å². The number of hydrogen-bond acceptors (Lipinski definition) is 2. The molecule has 0 radical (unpaired) electrons. The Morgan fingerprint density at radius 3 is 2.09 bits per heavy atom. The van der Waals surface area contributed by atoms with Crippen molar-refractivity contribution in [1.29, 1.82) is 0 Å². The molecule has 0 N–H and O–H groups in total. The van der Waals surface area contributed by atoms with E-state index in [1.165, 1.54) is 0 Å². The van der Waals surface area contributed by atoms with Crippen molar-refractivity contribution in [1.82, 2.24) is 14.6 Å². The van der Waals surface area contributed by atoms with Crippen LogP contribution >= 0.6 is 0 Å². The molecule has 0 spiro atoms. The van der Waals surface area contributed by atoms with E-state index in [4.69, 9.17) is 0 Å². The smallest absolute Gasteiger partial charge is 0.195 e. The Bertz CT molecular complexity index is 931. The zero-order valence-electron chi connectivity index (χ0n) is 11.6. The van der Waals surface area contributed by atoms with Gasteiger partial charge in [-0.2, -0.15) is 5.10 Å². The monoisotopic (exact) mass is 289 g/mol. The number of rotatable bonds is 2. The molecule has 0 amide bonds. The lowest BCUT2D eigenvalue weighted by Crippen LogP contribution is -1.95. The van der Waals surface area contributed by atoms with Gasteiger partial charge >= 0.3 is 0 Å². The second-order valence-corrected chi connectivity index (χ2v) is 4.96. The zero-order chi connectivity index (χ0) is 14.9. The van der Waals surface area contributed by atoms with Crippen LogP contribution in [0.3, 0.4) is 0 Å². The minimum absolute atomic E-state index is 0.236. The van der Waals surface area contributed by atoms with Gasteiger partial charge in [-0.15, -0.1) is 0 Å². The third-order valence-corrected chi connectivity index (χ3v) is 3.58. The second-order valence-electron chi connectivity index (χ2n) is 4.96. The number of halogens is 1. The van der Waals surface area contributed by atoms with E-state index in [-0.39, 0.29) is 5.65 Å². The molecule has 2 aromatic heterocycles. The molecule has 0 aliphatic heterocycles. The molecule has 0 aliphatic rings. The Morgan fingerprint density at radius 1 is 0.773 bits per heavy atom. The van der Waals surface area contributed by atoms with Crippen LogP contribution in [0.4, 0.5) is 4.39 Å². The fraction of sp³-hybridized carbons (Fsp3) is 0. The van der Waals surface area contributed by atoms with E-state index in [2.05, 4.69) is 10.1 Å². The molecule has 4 aromatic rings. The fourth-order valence-electron chi connectivity index (χ4n) is 2.53. The van der Waals surface area contributed by atoms with E-state index in [1.54, 1.807) is 10.7 Å². The Labute approximate surface area is 126 Å². The molecule has 0 aliphatic carbocycles. The molecule has 106 valence electrons. The molecule has 0 bridgehead atoms. The average Bonchev–Trinajstić information content (AvgIpc) is 2.94. The van der Waals surface area contributed by atoms with Crippen LogP contribution in [0, 0.1) is 5.82 Å². The largest absolute Gasteiger partial charge is 0.234 e. The van der Waals surface area contributed by atoms with E-state index in [0.29, 0.717) is 5.69 Å². The van der Waals surface area contributed by atoms with Crippen molar-refractivity contribution < 1.29 is 4.39 Å². The predicted molar refractivity (Wildman–Crippen MR) is 83.8 cm³/mol. The molecule has 22 heavy (non-hydrogen) atoms. The number of benzene rings is 2. The molecule has 0 atom stereocenters. The number of nitrogens with zero attached hydrogens (tertiary/aromatic N) is 3. The van der Waals surface area contributed by atoms with Gasteiger partial charge < -0.3 is 0 Å². The topological polar surface area (TPSA) is 30.2 Å². The maximum absolute atomic E-state index is 14.7. The molecule has 0 saturated heterocycles. The van der Waals surface area contributed by atoms with Gasteiger partial charge in [-0.25, -0.2) is 13.9 Å². The third-order valence-electron chi connectivity index (χ3n) is 3.58. The summed E-state index contributed by atoms with van der Waals surface area (Å²) in [6, 6.07) is 20.9. The highest BCUT2D eigenvalue weighted by atomic mass is 19.1. The van der Waals surface area contributed by atoms with Gasteiger partial charge in [0.15, 0.2) is 11.5 Å². The molecule has 0 fully saturated rings. The van der Waals surface area contributed by atoms with E-state index >= 15 is 0 Å². The lowest BCUT2D eigenvalue weighted by Gasteiger charge is -2.03. The van der Waals surface area contributed by atoms with Crippen molar-refractivity contribution in [3.05, 3.63) is 78.7 Å². The summed E-state index contributed by atoms with van der Waals surface area (Å²) < 4.78 is 16.2. The summed E-state index contributed by atoms with van der Waals surface area (Å²) >= 11 is 0. The SMILES string of the molecule is Fc1c(-c2ccccc2)nn2c(-c3ccccc3)ccnc12. The molecule has 3 nitrogen and oxygen atoms in total. The zero-order valence-corrected chi connectivity index (χ0v) is 11.6. The van der Waals surface area contributed by atoms with Crippen LogP contribution < -0.4 is 0 Å². The highest BCUT2D eigenvalue weighted by Crippen LogP contribution is 2.27. The number of aromatic nitrogens is 3. The Morgan fingerprint density at radius 2 is 1.41 bits per heavy atom. The van der Waals surface area contributed by atoms with Gasteiger partial charge in [0.1, 0.15) is 5.69 Å². The quantitative estimate of drug-likeness (QED) is 0.553. The summed E-state index contributed by atoms with van der Waals surface area (Å²) in [4.78, 5) is 4.14. The minimum Gasteiger partial charge on any atom is -0.234 e. The van der Waals surface area contributed by atoms with E-state index in [1.807, 2.05) is 66.7 Å². The van der Waals surface area contributed by atoms with Crippen molar-refractivity contribution in [2.24, 2.45) is 0 Å². The first kappa shape index (κ1) is 12.7.